The highest BCUT2D eigenvalue weighted by atomic mass is 16.3. The number of rotatable bonds is 3. The van der Waals surface area contributed by atoms with Gasteiger partial charge in [0.15, 0.2) is 0 Å². The first kappa shape index (κ1) is 17.5. The first-order valence-corrected chi connectivity index (χ1v) is 10.1. The van der Waals surface area contributed by atoms with Crippen LogP contribution in [0.1, 0.15) is 65.2 Å². The van der Waals surface area contributed by atoms with Crippen LogP contribution in [-0.4, -0.2) is 29.2 Å². The number of hydrogen-bond donors (Lipinski definition) is 2. The molecule has 0 aromatic carbocycles. The third-order valence-electron chi connectivity index (χ3n) is 8.60. The Hall–Kier alpha value is -0.930. The van der Waals surface area contributed by atoms with Gasteiger partial charge in [0, 0.05) is 11.3 Å². The van der Waals surface area contributed by atoms with E-state index in [1.54, 1.807) is 11.1 Å². The number of hydrogen-bond acceptors (Lipinski definition) is 3. The van der Waals surface area contributed by atoms with Crippen LogP contribution in [0, 0.1) is 28.6 Å². The Balaban J connectivity index is 1.71. The minimum Gasteiger partial charge on any atom is -0.396 e. The standard InChI is InChI=1S/C22H32O3/c1-14(25)22(13-24)10-8-20-19-6-4-16-11-15(12-23)3-5-17(16)18(19)7-9-21(20,22)2/h11-12,14-15,19-20,24-25H,3-10,13H2,1-2H3/t14?,15?,19-,20+,21+,22+/m1/s1. The highest BCUT2D eigenvalue weighted by Gasteiger charge is 2.62. The number of carbonyl (C=O) groups excluding carboxylic acids is 1. The van der Waals surface area contributed by atoms with Crippen LogP contribution < -0.4 is 0 Å². The van der Waals surface area contributed by atoms with Crippen molar-refractivity contribution in [1.29, 1.82) is 0 Å². The second kappa shape index (κ2) is 6.06. The van der Waals surface area contributed by atoms with Gasteiger partial charge in [0.05, 0.1) is 12.7 Å². The van der Waals surface area contributed by atoms with E-state index >= 15 is 0 Å². The van der Waals surface area contributed by atoms with E-state index in [2.05, 4.69) is 13.0 Å². The molecule has 2 unspecified atom stereocenters. The molecule has 0 aromatic heterocycles. The first-order chi connectivity index (χ1) is 12.0. The second-order valence-electron chi connectivity index (χ2n) is 9.23. The average Bonchev–Trinajstić information content (AvgIpc) is 2.94. The summed E-state index contributed by atoms with van der Waals surface area (Å²) in [6.07, 6.45) is 11.4. The molecule has 0 radical (unpaired) electrons. The van der Waals surface area contributed by atoms with Gasteiger partial charge in [-0.25, -0.2) is 0 Å². The van der Waals surface area contributed by atoms with Crippen molar-refractivity contribution in [3.05, 3.63) is 22.8 Å². The lowest BCUT2D eigenvalue weighted by Crippen LogP contribution is -2.52. The normalized spacial score (nSPS) is 44.5. The predicted octanol–water partition coefficient (Wildman–Crippen LogP) is 3.80. The fraction of sp³-hybridized carbons (Fsp3) is 0.773. The fourth-order valence-corrected chi connectivity index (χ4v) is 7.05. The van der Waals surface area contributed by atoms with Crippen LogP contribution in [0.15, 0.2) is 22.8 Å². The van der Waals surface area contributed by atoms with Gasteiger partial charge in [-0.3, -0.25) is 0 Å². The number of aldehydes is 1. The topological polar surface area (TPSA) is 57.5 Å². The molecule has 3 nitrogen and oxygen atoms in total. The summed E-state index contributed by atoms with van der Waals surface area (Å²) in [7, 11) is 0. The molecule has 4 aliphatic carbocycles. The molecule has 0 amide bonds. The van der Waals surface area contributed by atoms with E-state index in [-0.39, 0.29) is 23.4 Å². The van der Waals surface area contributed by atoms with Crippen LogP contribution in [0.3, 0.4) is 0 Å². The van der Waals surface area contributed by atoms with E-state index in [1.807, 2.05) is 6.92 Å². The number of aliphatic hydroxyl groups is 2. The Labute approximate surface area is 151 Å². The molecule has 2 fully saturated rings. The molecule has 0 spiro atoms. The molecule has 0 saturated heterocycles. The zero-order valence-corrected chi connectivity index (χ0v) is 15.6. The summed E-state index contributed by atoms with van der Waals surface area (Å²) >= 11 is 0. The van der Waals surface area contributed by atoms with Gasteiger partial charge >= 0.3 is 0 Å². The van der Waals surface area contributed by atoms with Crippen LogP contribution in [0.2, 0.25) is 0 Å². The molecule has 2 saturated carbocycles. The Morgan fingerprint density at radius 1 is 1.24 bits per heavy atom. The molecular formula is C22H32O3. The maximum absolute atomic E-state index is 11.2. The fourth-order valence-electron chi connectivity index (χ4n) is 7.05. The summed E-state index contributed by atoms with van der Waals surface area (Å²) in [5, 5.41) is 20.7. The zero-order valence-electron chi connectivity index (χ0n) is 15.6. The van der Waals surface area contributed by atoms with E-state index < -0.39 is 6.10 Å². The number of fused-ring (bicyclic) bond motifs is 4. The number of aliphatic hydroxyl groups excluding tert-OH is 2. The molecule has 4 aliphatic rings. The summed E-state index contributed by atoms with van der Waals surface area (Å²) in [5.41, 5.74) is 4.36. The van der Waals surface area contributed by atoms with Gasteiger partial charge in [-0.1, -0.05) is 18.6 Å². The summed E-state index contributed by atoms with van der Waals surface area (Å²) in [6, 6.07) is 0. The zero-order chi connectivity index (χ0) is 17.8. The Morgan fingerprint density at radius 2 is 2.04 bits per heavy atom. The van der Waals surface area contributed by atoms with Crippen LogP contribution in [0.4, 0.5) is 0 Å². The average molecular weight is 344 g/mol. The van der Waals surface area contributed by atoms with Crippen molar-refractivity contribution >= 4 is 6.29 Å². The van der Waals surface area contributed by atoms with Gasteiger partial charge in [0.25, 0.3) is 0 Å². The summed E-state index contributed by atoms with van der Waals surface area (Å²) < 4.78 is 0. The molecule has 138 valence electrons. The van der Waals surface area contributed by atoms with Crippen molar-refractivity contribution < 1.29 is 15.0 Å². The minimum atomic E-state index is -0.455. The van der Waals surface area contributed by atoms with Crippen molar-refractivity contribution in [2.24, 2.45) is 28.6 Å². The molecule has 0 aromatic rings. The largest absolute Gasteiger partial charge is 0.396 e. The summed E-state index contributed by atoms with van der Waals surface area (Å²) in [5.74, 6) is 1.32. The molecular weight excluding hydrogens is 312 g/mol. The lowest BCUT2D eigenvalue weighted by Gasteiger charge is -2.54. The quantitative estimate of drug-likeness (QED) is 0.766. The minimum absolute atomic E-state index is 0.0336. The highest BCUT2D eigenvalue weighted by Crippen LogP contribution is 2.67. The molecule has 0 aliphatic heterocycles. The van der Waals surface area contributed by atoms with Crippen molar-refractivity contribution in [3.8, 4) is 0 Å². The maximum Gasteiger partial charge on any atom is 0.126 e. The van der Waals surface area contributed by atoms with Gasteiger partial charge in [-0.05, 0) is 86.7 Å². The predicted molar refractivity (Wildman–Crippen MR) is 97.9 cm³/mol. The monoisotopic (exact) mass is 344 g/mol. The van der Waals surface area contributed by atoms with Crippen LogP contribution in [-0.2, 0) is 4.79 Å². The van der Waals surface area contributed by atoms with Gasteiger partial charge in [0.1, 0.15) is 6.29 Å². The van der Waals surface area contributed by atoms with Gasteiger partial charge in [0.2, 0.25) is 0 Å². The summed E-state index contributed by atoms with van der Waals surface area (Å²) in [4.78, 5) is 11.2. The third kappa shape index (κ3) is 2.28. The van der Waals surface area contributed by atoms with E-state index in [4.69, 9.17) is 0 Å². The smallest absolute Gasteiger partial charge is 0.126 e. The Kier molecular flexibility index (Phi) is 4.24. The molecule has 0 heterocycles. The van der Waals surface area contributed by atoms with Crippen molar-refractivity contribution in [2.45, 2.75) is 71.3 Å². The molecule has 6 atom stereocenters. The molecule has 3 heteroatoms. The van der Waals surface area contributed by atoms with Crippen LogP contribution >= 0.6 is 0 Å². The number of allylic oxidation sites excluding steroid dienone is 4. The molecule has 2 N–H and O–H groups in total. The van der Waals surface area contributed by atoms with E-state index in [0.29, 0.717) is 11.8 Å². The Bertz CT molecular complexity index is 631. The lowest BCUT2D eigenvalue weighted by atomic mass is 9.51. The van der Waals surface area contributed by atoms with Crippen molar-refractivity contribution in [3.63, 3.8) is 0 Å². The van der Waals surface area contributed by atoms with E-state index in [1.165, 1.54) is 12.0 Å². The Morgan fingerprint density at radius 3 is 2.72 bits per heavy atom. The maximum atomic E-state index is 11.2. The van der Waals surface area contributed by atoms with Gasteiger partial charge < -0.3 is 15.0 Å². The number of carbonyl (C=O) groups is 1. The lowest BCUT2D eigenvalue weighted by molar-refractivity contribution is -0.110. The van der Waals surface area contributed by atoms with Gasteiger partial charge in [-0.15, -0.1) is 0 Å². The molecule has 25 heavy (non-hydrogen) atoms. The van der Waals surface area contributed by atoms with Gasteiger partial charge in [-0.2, -0.15) is 0 Å². The van der Waals surface area contributed by atoms with E-state index in [0.717, 1.165) is 51.2 Å². The molecule has 0 bridgehead atoms. The third-order valence-corrected chi connectivity index (χ3v) is 8.60. The van der Waals surface area contributed by atoms with Crippen LogP contribution in [0.5, 0.6) is 0 Å². The van der Waals surface area contributed by atoms with Crippen molar-refractivity contribution in [1.82, 2.24) is 0 Å². The summed E-state index contributed by atoms with van der Waals surface area (Å²) in [6.45, 7) is 4.31. The first-order valence-electron chi connectivity index (χ1n) is 10.1. The van der Waals surface area contributed by atoms with E-state index in [9.17, 15) is 15.0 Å². The SMILES string of the molecule is CC(O)[C@@]1(CO)CC[C@H]2[C@@H]3CCC4=CC(C=O)CCC4=C3CC[C@@]21C. The highest BCUT2D eigenvalue weighted by molar-refractivity contribution is 5.60. The van der Waals surface area contributed by atoms with Crippen LogP contribution in [0.25, 0.3) is 0 Å². The second-order valence-corrected chi connectivity index (χ2v) is 9.23. The van der Waals surface area contributed by atoms with Crippen molar-refractivity contribution in [2.75, 3.05) is 6.61 Å². The molecule has 4 rings (SSSR count).